The van der Waals surface area contributed by atoms with Crippen molar-refractivity contribution < 1.29 is 4.79 Å². The summed E-state index contributed by atoms with van der Waals surface area (Å²) in [7, 11) is 0. The maximum Gasteiger partial charge on any atom is 0.221 e. The summed E-state index contributed by atoms with van der Waals surface area (Å²) in [5.41, 5.74) is 0. The average molecular weight is 242 g/mol. The van der Waals surface area contributed by atoms with Gasteiger partial charge in [0.05, 0.1) is 0 Å². The quantitative estimate of drug-likeness (QED) is 0.768. The molecule has 1 amide bonds. The molecule has 2 rings (SSSR count). The lowest BCUT2D eigenvalue weighted by molar-refractivity contribution is -0.120. The molecule has 1 aliphatic rings. The molecule has 1 saturated carbocycles. The van der Waals surface area contributed by atoms with Crippen LogP contribution in [0.2, 0.25) is 0 Å². The highest BCUT2D eigenvalue weighted by molar-refractivity contribution is 6.18. The molecule has 0 unspecified atom stereocenters. The van der Waals surface area contributed by atoms with E-state index in [1.807, 2.05) is 12.4 Å². The summed E-state index contributed by atoms with van der Waals surface area (Å²) in [6.07, 6.45) is 6.68. The fraction of sp³-hybridized carbons (Fsp3) is 0.636. The highest BCUT2D eigenvalue weighted by atomic mass is 35.5. The summed E-state index contributed by atoms with van der Waals surface area (Å²) in [6, 6.07) is 0. The van der Waals surface area contributed by atoms with Gasteiger partial charge in [0, 0.05) is 43.7 Å². The fourth-order valence-electron chi connectivity index (χ4n) is 1.70. The van der Waals surface area contributed by atoms with E-state index in [0.29, 0.717) is 24.8 Å². The first kappa shape index (κ1) is 11.5. The minimum absolute atomic E-state index is 0.0167. The highest BCUT2D eigenvalue weighted by Gasteiger charge is 2.27. The number of nitrogens with one attached hydrogen (secondary N) is 1. The van der Waals surface area contributed by atoms with Crippen molar-refractivity contribution in [3.05, 3.63) is 18.2 Å². The lowest BCUT2D eigenvalue weighted by Crippen LogP contribution is -2.27. The molecule has 1 aromatic heterocycles. The lowest BCUT2D eigenvalue weighted by atomic mass is 10.4. The second-order valence-electron chi connectivity index (χ2n) is 4.04. The lowest BCUT2D eigenvalue weighted by Gasteiger charge is -2.08. The van der Waals surface area contributed by atoms with Crippen molar-refractivity contribution in [3.63, 3.8) is 0 Å². The van der Waals surface area contributed by atoms with E-state index in [0.717, 1.165) is 12.4 Å². The number of hydrogen-bond donors (Lipinski definition) is 1. The van der Waals surface area contributed by atoms with Crippen LogP contribution in [0.3, 0.4) is 0 Å². The van der Waals surface area contributed by atoms with Crippen molar-refractivity contribution in [2.45, 2.75) is 31.7 Å². The zero-order valence-corrected chi connectivity index (χ0v) is 9.91. The van der Waals surface area contributed by atoms with Crippen molar-refractivity contribution >= 4 is 17.5 Å². The second kappa shape index (κ2) is 5.34. The molecule has 1 aliphatic carbocycles. The number of rotatable bonds is 6. The SMILES string of the molecule is O=C(CCCl)NCCn1ccnc1C1CC1. The van der Waals surface area contributed by atoms with Gasteiger partial charge >= 0.3 is 0 Å². The van der Waals surface area contributed by atoms with Gasteiger partial charge in [-0.05, 0) is 12.8 Å². The largest absolute Gasteiger partial charge is 0.354 e. The predicted octanol–water partition coefficient (Wildman–Crippen LogP) is 1.51. The Balaban J connectivity index is 1.76. The smallest absolute Gasteiger partial charge is 0.221 e. The number of amides is 1. The second-order valence-corrected chi connectivity index (χ2v) is 4.42. The number of imidazole rings is 1. The minimum Gasteiger partial charge on any atom is -0.354 e. The first-order chi connectivity index (χ1) is 7.81. The molecule has 1 N–H and O–H groups in total. The predicted molar refractivity (Wildman–Crippen MR) is 62.5 cm³/mol. The van der Waals surface area contributed by atoms with E-state index in [4.69, 9.17) is 11.6 Å². The summed E-state index contributed by atoms with van der Waals surface area (Å²) in [4.78, 5) is 15.5. The molecule has 4 nitrogen and oxygen atoms in total. The van der Waals surface area contributed by atoms with Crippen molar-refractivity contribution in [1.29, 1.82) is 0 Å². The summed E-state index contributed by atoms with van der Waals surface area (Å²) in [6.45, 7) is 1.44. The number of carbonyl (C=O) groups excluding carboxylic acids is 1. The van der Waals surface area contributed by atoms with Gasteiger partial charge in [0.2, 0.25) is 5.91 Å². The first-order valence-electron chi connectivity index (χ1n) is 5.65. The number of hydrogen-bond acceptors (Lipinski definition) is 2. The third-order valence-corrected chi connectivity index (χ3v) is 2.88. The van der Waals surface area contributed by atoms with Gasteiger partial charge in [-0.1, -0.05) is 0 Å². The summed E-state index contributed by atoms with van der Waals surface area (Å²) < 4.78 is 2.12. The number of aromatic nitrogens is 2. The molecule has 1 aromatic rings. The fourth-order valence-corrected chi connectivity index (χ4v) is 1.87. The van der Waals surface area contributed by atoms with E-state index in [9.17, 15) is 4.79 Å². The van der Waals surface area contributed by atoms with Gasteiger partial charge in [-0.25, -0.2) is 4.98 Å². The van der Waals surface area contributed by atoms with Crippen molar-refractivity contribution in [2.24, 2.45) is 0 Å². The van der Waals surface area contributed by atoms with E-state index in [-0.39, 0.29) is 5.91 Å². The molecule has 0 bridgehead atoms. The van der Waals surface area contributed by atoms with Crippen LogP contribution in [0.25, 0.3) is 0 Å². The number of nitrogens with zero attached hydrogens (tertiary/aromatic N) is 2. The van der Waals surface area contributed by atoms with Crippen LogP contribution in [0, 0.1) is 0 Å². The molecular formula is C11H16ClN3O. The van der Waals surface area contributed by atoms with E-state index in [2.05, 4.69) is 14.9 Å². The Hall–Kier alpha value is -1.03. The molecule has 88 valence electrons. The van der Waals surface area contributed by atoms with Crippen LogP contribution < -0.4 is 5.32 Å². The van der Waals surface area contributed by atoms with Crippen LogP contribution in [-0.2, 0) is 11.3 Å². The van der Waals surface area contributed by atoms with E-state index in [1.54, 1.807) is 0 Å². The van der Waals surface area contributed by atoms with Gasteiger partial charge in [-0.3, -0.25) is 4.79 Å². The van der Waals surface area contributed by atoms with E-state index >= 15 is 0 Å². The number of halogens is 1. The van der Waals surface area contributed by atoms with Gasteiger partial charge in [0.1, 0.15) is 5.82 Å². The van der Waals surface area contributed by atoms with Crippen LogP contribution in [-0.4, -0.2) is 27.9 Å². The van der Waals surface area contributed by atoms with E-state index in [1.165, 1.54) is 12.8 Å². The maximum atomic E-state index is 11.2. The summed E-state index contributed by atoms with van der Waals surface area (Å²) >= 11 is 5.47. The van der Waals surface area contributed by atoms with Gasteiger partial charge < -0.3 is 9.88 Å². The van der Waals surface area contributed by atoms with Crippen molar-refractivity contribution in [3.8, 4) is 0 Å². The van der Waals surface area contributed by atoms with Crippen LogP contribution >= 0.6 is 11.6 Å². The molecule has 16 heavy (non-hydrogen) atoms. The number of carbonyl (C=O) groups is 1. The Kier molecular flexibility index (Phi) is 3.83. The summed E-state index contributed by atoms with van der Waals surface area (Å²) in [5.74, 6) is 2.20. The third kappa shape index (κ3) is 2.98. The molecule has 5 heteroatoms. The average Bonchev–Trinajstić information content (AvgIpc) is 3.00. The Morgan fingerprint density at radius 1 is 1.62 bits per heavy atom. The Labute approximate surface area is 100.0 Å². The van der Waals surface area contributed by atoms with Crippen LogP contribution in [0.15, 0.2) is 12.4 Å². The van der Waals surface area contributed by atoms with Crippen molar-refractivity contribution in [2.75, 3.05) is 12.4 Å². The number of alkyl halides is 1. The normalized spacial score (nSPS) is 15.1. The van der Waals surface area contributed by atoms with Gasteiger partial charge in [-0.2, -0.15) is 0 Å². The molecule has 0 radical (unpaired) electrons. The standard InChI is InChI=1S/C11H16ClN3O/c12-4-3-10(16)13-5-7-15-8-6-14-11(15)9-1-2-9/h6,8-9H,1-5,7H2,(H,13,16). The maximum absolute atomic E-state index is 11.2. The minimum atomic E-state index is 0.0167. The monoisotopic (exact) mass is 241 g/mol. The zero-order chi connectivity index (χ0) is 11.4. The zero-order valence-electron chi connectivity index (χ0n) is 9.16. The van der Waals surface area contributed by atoms with E-state index < -0.39 is 0 Å². The molecule has 0 aromatic carbocycles. The molecular weight excluding hydrogens is 226 g/mol. The Morgan fingerprint density at radius 2 is 2.44 bits per heavy atom. The van der Waals surface area contributed by atoms with Crippen molar-refractivity contribution in [1.82, 2.24) is 14.9 Å². The van der Waals surface area contributed by atoms with Crippen LogP contribution in [0.1, 0.15) is 31.0 Å². The topological polar surface area (TPSA) is 46.9 Å². The van der Waals surface area contributed by atoms with Gasteiger partial charge in [-0.15, -0.1) is 11.6 Å². The molecule has 0 saturated heterocycles. The van der Waals surface area contributed by atoms with Crippen LogP contribution in [0.4, 0.5) is 0 Å². The highest BCUT2D eigenvalue weighted by Crippen LogP contribution is 2.38. The molecule has 1 heterocycles. The Bertz CT molecular complexity index is 360. The summed E-state index contributed by atoms with van der Waals surface area (Å²) in [5, 5.41) is 2.84. The molecule has 0 atom stereocenters. The molecule has 0 spiro atoms. The van der Waals surface area contributed by atoms with Crippen LogP contribution in [0.5, 0.6) is 0 Å². The molecule has 1 fully saturated rings. The van der Waals surface area contributed by atoms with Gasteiger partial charge in [0.15, 0.2) is 0 Å². The Morgan fingerprint density at radius 3 is 3.12 bits per heavy atom. The third-order valence-electron chi connectivity index (χ3n) is 2.69. The molecule has 0 aliphatic heterocycles. The van der Waals surface area contributed by atoms with Gasteiger partial charge in [0.25, 0.3) is 0 Å². The first-order valence-corrected chi connectivity index (χ1v) is 6.18.